The predicted molar refractivity (Wildman–Crippen MR) is 99.9 cm³/mol. The van der Waals surface area contributed by atoms with Gasteiger partial charge in [-0.25, -0.2) is 0 Å². The van der Waals surface area contributed by atoms with Gasteiger partial charge in [0, 0.05) is 6.42 Å². The summed E-state index contributed by atoms with van der Waals surface area (Å²) in [6.45, 7) is 0. The highest BCUT2D eigenvalue weighted by molar-refractivity contribution is 6.59. The van der Waals surface area contributed by atoms with Crippen LogP contribution in [0.1, 0.15) is 11.1 Å². The number of hydrogen-bond donors (Lipinski definition) is 2. The van der Waals surface area contributed by atoms with Gasteiger partial charge >= 0.3 is 12.0 Å². The van der Waals surface area contributed by atoms with Gasteiger partial charge < -0.3 is 16.6 Å². The molecule has 0 radical (unpaired) electrons. The number of nitrogens with one attached hydrogen (secondary N) is 1. The fourth-order valence-corrected chi connectivity index (χ4v) is 2.59. The summed E-state index contributed by atoms with van der Waals surface area (Å²) in [5, 5.41) is 2.55. The van der Waals surface area contributed by atoms with E-state index in [0.717, 1.165) is 11.1 Å². The van der Waals surface area contributed by atoms with E-state index >= 15 is 0 Å². The maximum atomic E-state index is 12.5. The Balaban J connectivity index is 2.12. The first-order chi connectivity index (χ1) is 13.0. The van der Waals surface area contributed by atoms with Crippen LogP contribution in [0.3, 0.4) is 0 Å². The number of hydrogen-bond acceptors (Lipinski definition) is 4. The second-order valence-electron chi connectivity index (χ2n) is 6.02. The fourth-order valence-electron chi connectivity index (χ4n) is 2.59. The Labute approximate surface area is 156 Å². The normalized spacial score (nSPS) is 12.3. The van der Waals surface area contributed by atoms with E-state index in [1.54, 1.807) is 24.3 Å². The molecule has 0 aliphatic carbocycles. The second-order valence-corrected chi connectivity index (χ2v) is 6.02. The molecule has 0 unspecified atom stereocenters. The number of Topliss-reactive ketones (excluding diaryl/α,β-unsaturated/α-hetero) is 2. The van der Waals surface area contributed by atoms with E-state index in [0.29, 0.717) is 12.6 Å². The molecule has 138 valence electrons. The SMILES string of the molecule is [N-]=[N+]=CC(=O)C(=O)[C@H](Cc1ccccc1)NC(=O)[C@@H](N)Cc1ccccc1. The van der Waals surface area contributed by atoms with E-state index in [4.69, 9.17) is 11.3 Å². The molecular formula is C20H20N4O3. The van der Waals surface area contributed by atoms with Crippen LogP contribution in [-0.4, -0.2) is 40.6 Å². The first-order valence-electron chi connectivity index (χ1n) is 8.40. The van der Waals surface area contributed by atoms with Crippen molar-refractivity contribution in [3.05, 3.63) is 77.3 Å². The van der Waals surface area contributed by atoms with Crippen LogP contribution in [0.4, 0.5) is 0 Å². The van der Waals surface area contributed by atoms with E-state index in [-0.39, 0.29) is 6.42 Å². The number of nitrogens with zero attached hydrogens (tertiary/aromatic N) is 2. The average Bonchev–Trinajstić information content (AvgIpc) is 2.68. The Bertz CT molecular complexity index is 846. The minimum Gasteiger partial charge on any atom is -0.361 e. The molecule has 2 atom stereocenters. The molecule has 2 aromatic rings. The van der Waals surface area contributed by atoms with E-state index in [1.165, 1.54) is 0 Å². The number of carbonyl (C=O) groups excluding carboxylic acids is 3. The summed E-state index contributed by atoms with van der Waals surface area (Å²) in [6.07, 6.45) is 0.926. The molecule has 0 aromatic heterocycles. The summed E-state index contributed by atoms with van der Waals surface area (Å²) in [6, 6.07) is 16.2. The van der Waals surface area contributed by atoms with Gasteiger partial charge in [0.25, 0.3) is 0 Å². The Morgan fingerprint density at radius 3 is 2.00 bits per heavy atom. The summed E-state index contributed by atoms with van der Waals surface area (Å²) >= 11 is 0. The Kier molecular flexibility index (Phi) is 7.31. The molecule has 0 aliphatic rings. The van der Waals surface area contributed by atoms with Crippen molar-refractivity contribution in [3.63, 3.8) is 0 Å². The molecule has 1 amide bonds. The topological polar surface area (TPSA) is 126 Å². The molecule has 27 heavy (non-hydrogen) atoms. The maximum Gasteiger partial charge on any atom is 0.331 e. The third-order valence-corrected chi connectivity index (χ3v) is 3.97. The summed E-state index contributed by atoms with van der Waals surface area (Å²) < 4.78 is 0. The van der Waals surface area contributed by atoms with Gasteiger partial charge in [-0.2, -0.15) is 4.79 Å². The molecule has 2 aromatic carbocycles. The smallest absolute Gasteiger partial charge is 0.331 e. The molecule has 0 saturated carbocycles. The summed E-state index contributed by atoms with van der Waals surface area (Å²) in [5.41, 5.74) is 16.1. The van der Waals surface area contributed by atoms with E-state index in [2.05, 4.69) is 10.1 Å². The molecule has 0 bridgehead atoms. The average molecular weight is 364 g/mol. The lowest BCUT2D eigenvalue weighted by molar-refractivity contribution is -0.137. The van der Waals surface area contributed by atoms with Crippen LogP contribution < -0.4 is 11.1 Å². The van der Waals surface area contributed by atoms with Crippen LogP contribution >= 0.6 is 0 Å². The zero-order valence-electron chi connectivity index (χ0n) is 14.6. The van der Waals surface area contributed by atoms with Gasteiger partial charge in [-0.3, -0.25) is 14.4 Å². The molecule has 0 fully saturated rings. The van der Waals surface area contributed by atoms with Gasteiger partial charge in [-0.05, 0) is 17.5 Å². The minimum atomic E-state index is -1.10. The number of amides is 1. The van der Waals surface area contributed by atoms with Gasteiger partial charge in [0.2, 0.25) is 11.7 Å². The monoisotopic (exact) mass is 364 g/mol. The fraction of sp³-hybridized carbons (Fsp3) is 0.200. The quantitative estimate of drug-likeness (QED) is 0.294. The van der Waals surface area contributed by atoms with E-state index in [9.17, 15) is 14.4 Å². The van der Waals surface area contributed by atoms with Gasteiger partial charge in [0.15, 0.2) is 0 Å². The van der Waals surface area contributed by atoms with Crippen LogP contribution in [0, 0.1) is 0 Å². The Morgan fingerprint density at radius 1 is 0.963 bits per heavy atom. The lowest BCUT2D eigenvalue weighted by Crippen LogP contribution is -2.51. The van der Waals surface area contributed by atoms with Crippen molar-refractivity contribution in [2.75, 3.05) is 0 Å². The standard InChI is InChI=1S/C20H20N4O3/c21-16(11-14-7-3-1-4-8-14)20(27)24-17(19(26)18(25)13-23-22)12-15-9-5-2-6-10-15/h1-10,13,16-17H,11-12,21H2,(H,24,27)/t16-,17-/m0/s1. The van der Waals surface area contributed by atoms with E-state index in [1.807, 2.05) is 36.4 Å². The lowest BCUT2D eigenvalue weighted by atomic mass is 9.99. The highest BCUT2D eigenvalue weighted by Crippen LogP contribution is 2.06. The molecule has 0 heterocycles. The number of rotatable bonds is 9. The first-order valence-corrected chi connectivity index (χ1v) is 8.40. The largest absolute Gasteiger partial charge is 0.361 e. The highest BCUT2D eigenvalue weighted by atomic mass is 16.2. The van der Waals surface area contributed by atoms with Crippen LogP contribution in [-0.2, 0) is 27.2 Å². The van der Waals surface area contributed by atoms with Crippen molar-refractivity contribution in [2.24, 2.45) is 5.73 Å². The number of carbonyl (C=O) groups is 3. The van der Waals surface area contributed by atoms with Crippen molar-refractivity contribution in [3.8, 4) is 0 Å². The Morgan fingerprint density at radius 2 is 1.48 bits per heavy atom. The summed E-state index contributed by atoms with van der Waals surface area (Å²) in [7, 11) is 0. The molecule has 7 heteroatoms. The Hall–Kier alpha value is -3.41. The highest BCUT2D eigenvalue weighted by Gasteiger charge is 2.29. The zero-order valence-corrected chi connectivity index (χ0v) is 14.6. The first kappa shape index (κ1) is 19.9. The van der Waals surface area contributed by atoms with Crippen molar-refractivity contribution >= 4 is 23.7 Å². The van der Waals surface area contributed by atoms with Crippen LogP contribution in [0.5, 0.6) is 0 Å². The summed E-state index contributed by atoms with van der Waals surface area (Å²) in [4.78, 5) is 39.2. The second kappa shape index (κ2) is 9.91. The van der Waals surface area contributed by atoms with Crippen LogP contribution in [0.2, 0.25) is 0 Å². The van der Waals surface area contributed by atoms with Crippen molar-refractivity contribution < 1.29 is 19.2 Å². The number of benzene rings is 2. The predicted octanol–water partition coefficient (Wildman–Crippen LogP) is 0.723. The van der Waals surface area contributed by atoms with Gasteiger partial charge in [0.1, 0.15) is 6.04 Å². The van der Waals surface area contributed by atoms with Crippen LogP contribution in [0.15, 0.2) is 60.7 Å². The van der Waals surface area contributed by atoms with Crippen LogP contribution in [0.25, 0.3) is 5.53 Å². The molecule has 3 N–H and O–H groups in total. The number of ketones is 2. The maximum absolute atomic E-state index is 12.5. The minimum absolute atomic E-state index is 0.120. The third-order valence-electron chi connectivity index (χ3n) is 3.97. The van der Waals surface area contributed by atoms with Crippen molar-refractivity contribution in [1.29, 1.82) is 0 Å². The van der Waals surface area contributed by atoms with Crippen molar-refractivity contribution in [2.45, 2.75) is 24.9 Å². The van der Waals surface area contributed by atoms with Crippen molar-refractivity contribution in [1.82, 2.24) is 5.32 Å². The summed E-state index contributed by atoms with van der Waals surface area (Å²) in [5.74, 6) is -2.42. The molecule has 0 spiro atoms. The molecule has 2 rings (SSSR count). The van der Waals surface area contributed by atoms with Gasteiger partial charge in [-0.1, -0.05) is 60.7 Å². The zero-order chi connectivity index (χ0) is 19.6. The third kappa shape index (κ3) is 6.11. The molecule has 7 nitrogen and oxygen atoms in total. The lowest BCUT2D eigenvalue weighted by Gasteiger charge is -2.19. The van der Waals surface area contributed by atoms with Gasteiger partial charge in [0.05, 0.1) is 6.04 Å². The molecular weight excluding hydrogens is 344 g/mol. The molecule has 0 saturated heterocycles. The molecule has 0 aliphatic heterocycles. The van der Waals surface area contributed by atoms with Gasteiger partial charge in [-0.15, -0.1) is 0 Å². The number of nitrogens with two attached hydrogens (primary N) is 1. The van der Waals surface area contributed by atoms with E-state index < -0.39 is 29.6 Å².